The molecule has 0 fully saturated rings. The Hall–Kier alpha value is -3.20. The minimum atomic E-state index is -3.30. The monoisotopic (exact) mass is 388 g/mol. The Morgan fingerprint density at radius 3 is 2.30 bits per heavy atom. The topological polar surface area (TPSA) is 110 Å². The zero-order chi connectivity index (χ0) is 19.8. The molecule has 1 N–H and O–H groups in total. The van der Waals surface area contributed by atoms with Crippen LogP contribution in [-0.4, -0.2) is 50.9 Å². The van der Waals surface area contributed by atoms with E-state index in [1.807, 2.05) is 0 Å². The fourth-order valence-corrected chi connectivity index (χ4v) is 3.20. The molecule has 2 aromatic rings. The summed E-state index contributed by atoms with van der Waals surface area (Å²) in [4.78, 5) is 37.0. The molecule has 0 saturated heterocycles. The fraction of sp³-hybridized carbons (Fsp3) is 0.167. The second-order valence-electron chi connectivity index (χ2n) is 6.01. The van der Waals surface area contributed by atoms with Crippen LogP contribution in [0.3, 0.4) is 0 Å². The van der Waals surface area contributed by atoms with Gasteiger partial charge in [0.2, 0.25) is 0 Å². The van der Waals surface area contributed by atoms with Gasteiger partial charge in [-0.1, -0.05) is 0 Å². The normalized spacial score (nSPS) is 13.5. The summed E-state index contributed by atoms with van der Waals surface area (Å²) in [6, 6.07) is 10.2. The van der Waals surface area contributed by atoms with Crippen LogP contribution in [0.4, 0.5) is 5.69 Å². The number of imide groups is 1. The summed E-state index contributed by atoms with van der Waals surface area (Å²) >= 11 is 0. The van der Waals surface area contributed by atoms with Crippen molar-refractivity contribution in [3.05, 3.63) is 53.6 Å². The molecule has 0 atom stereocenters. The third kappa shape index (κ3) is 3.82. The van der Waals surface area contributed by atoms with Gasteiger partial charge < -0.3 is 10.1 Å². The van der Waals surface area contributed by atoms with Crippen LogP contribution < -0.4 is 10.1 Å². The third-order valence-corrected chi connectivity index (χ3v) is 5.12. The number of hydrogen-bond donors (Lipinski definition) is 1. The van der Waals surface area contributed by atoms with E-state index in [2.05, 4.69) is 5.32 Å². The minimum Gasteiger partial charge on any atom is -0.484 e. The van der Waals surface area contributed by atoms with E-state index in [4.69, 9.17) is 4.74 Å². The van der Waals surface area contributed by atoms with Crippen molar-refractivity contribution in [3.63, 3.8) is 0 Å². The Labute approximate surface area is 155 Å². The average molecular weight is 388 g/mol. The van der Waals surface area contributed by atoms with Crippen LogP contribution >= 0.6 is 0 Å². The van der Waals surface area contributed by atoms with Crippen molar-refractivity contribution >= 4 is 33.2 Å². The predicted octanol–water partition coefficient (Wildman–Crippen LogP) is 1.33. The molecule has 3 rings (SSSR count). The van der Waals surface area contributed by atoms with Crippen LogP contribution in [0, 0.1) is 0 Å². The number of hydrogen-bond acceptors (Lipinski definition) is 6. The van der Waals surface area contributed by atoms with Crippen LogP contribution in [-0.2, 0) is 14.6 Å². The van der Waals surface area contributed by atoms with Gasteiger partial charge in [0.25, 0.3) is 17.7 Å². The van der Waals surface area contributed by atoms with E-state index in [9.17, 15) is 22.8 Å². The van der Waals surface area contributed by atoms with Gasteiger partial charge in [-0.3, -0.25) is 19.3 Å². The molecule has 8 nitrogen and oxygen atoms in total. The van der Waals surface area contributed by atoms with Gasteiger partial charge in [0, 0.05) is 19.0 Å². The first-order valence-electron chi connectivity index (χ1n) is 7.86. The van der Waals surface area contributed by atoms with Gasteiger partial charge in [0.1, 0.15) is 5.75 Å². The van der Waals surface area contributed by atoms with Crippen molar-refractivity contribution in [1.82, 2.24) is 4.90 Å². The second-order valence-corrected chi connectivity index (χ2v) is 8.03. The highest BCUT2D eigenvalue weighted by molar-refractivity contribution is 7.90. The Morgan fingerprint density at radius 2 is 1.67 bits per heavy atom. The fourth-order valence-electron chi connectivity index (χ4n) is 2.57. The smallest absolute Gasteiger partial charge is 0.262 e. The summed E-state index contributed by atoms with van der Waals surface area (Å²) in [5, 5.41) is 2.59. The third-order valence-electron chi connectivity index (χ3n) is 4.00. The van der Waals surface area contributed by atoms with E-state index in [1.165, 1.54) is 49.5 Å². The number of fused-ring (bicyclic) bond motifs is 1. The van der Waals surface area contributed by atoms with Gasteiger partial charge in [0.15, 0.2) is 16.4 Å². The zero-order valence-corrected chi connectivity index (χ0v) is 15.4. The van der Waals surface area contributed by atoms with Crippen molar-refractivity contribution in [2.24, 2.45) is 0 Å². The van der Waals surface area contributed by atoms with E-state index in [1.54, 1.807) is 0 Å². The molecular weight excluding hydrogens is 372 g/mol. The molecule has 140 valence electrons. The first-order valence-corrected chi connectivity index (χ1v) is 9.75. The number of sulfone groups is 1. The Kier molecular flexibility index (Phi) is 4.71. The highest BCUT2D eigenvalue weighted by Gasteiger charge is 2.32. The molecule has 0 unspecified atom stereocenters. The van der Waals surface area contributed by atoms with E-state index in [-0.39, 0.29) is 23.0 Å². The van der Waals surface area contributed by atoms with Crippen molar-refractivity contribution in [2.75, 3.05) is 25.2 Å². The van der Waals surface area contributed by atoms with Gasteiger partial charge >= 0.3 is 0 Å². The molecule has 27 heavy (non-hydrogen) atoms. The molecule has 0 aromatic heterocycles. The Bertz CT molecular complexity index is 1040. The van der Waals surface area contributed by atoms with Gasteiger partial charge in [-0.05, 0) is 42.5 Å². The number of anilines is 1. The second kappa shape index (κ2) is 6.84. The van der Waals surface area contributed by atoms with Gasteiger partial charge in [-0.15, -0.1) is 0 Å². The van der Waals surface area contributed by atoms with Gasteiger partial charge in [0.05, 0.1) is 16.0 Å². The number of nitrogens with one attached hydrogen (secondary N) is 1. The molecule has 0 radical (unpaired) electrons. The van der Waals surface area contributed by atoms with Crippen molar-refractivity contribution in [3.8, 4) is 5.75 Å². The minimum absolute atomic E-state index is 0.154. The number of amides is 3. The SMILES string of the molecule is CN1C(=O)c2ccc(NC(=O)COc3ccc(S(C)(=O)=O)cc3)cc2C1=O. The standard InChI is InChI=1S/C18H16N2O6S/c1-20-17(22)14-8-3-11(9-15(14)18(20)23)19-16(21)10-26-12-4-6-13(7-5-12)27(2,24)25/h3-9H,10H2,1-2H3,(H,19,21). The molecule has 1 aliphatic rings. The first kappa shape index (κ1) is 18.6. The number of benzene rings is 2. The van der Waals surface area contributed by atoms with Crippen LogP contribution in [0.1, 0.15) is 20.7 Å². The summed E-state index contributed by atoms with van der Waals surface area (Å²) in [5.74, 6) is -0.928. The molecule has 0 spiro atoms. The van der Waals surface area contributed by atoms with E-state index in [0.29, 0.717) is 17.0 Å². The van der Waals surface area contributed by atoms with Crippen molar-refractivity contribution in [2.45, 2.75) is 4.90 Å². The lowest BCUT2D eigenvalue weighted by molar-refractivity contribution is -0.118. The molecule has 0 saturated carbocycles. The Balaban J connectivity index is 1.62. The summed E-state index contributed by atoms with van der Waals surface area (Å²) < 4.78 is 28.1. The molecular formula is C18H16N2O6S. The number of nitrogens with zero attached hydrogens (tertiary/aromatic N) is 1. The molecule has 0 bridgehead atoms. The van der Waals surface area contributed by atoms with Gasteiger partial charge in [-0.2, -0.15) is 0 Å². The Morgan fingerprint density at radius 1 is 1.04 bits per heavy atom. The summed E-state index contributed by atoms with van der Waals surface area (Å²) in [5.41, 5.74) is 0.895. The van der Waals surface area contributed by atoms with Crippen molar-refractivity contribution in [1.29, 1.82) is 0 Å². The van der Waals surface area contributed by atoms with Crippen LogP contribution in [0.2, 0.25) is 0 Å². The molecule has 0 aliphatic carbocycles. The van der Waals surface area contributed by atoms with E-state index < -0.39 is 21.7 Å². The summed E-state index contributed by atoms with van der Waals surface area (Å²) in [6.07, 6.45) is 1.10. The maximum Gasteiger partial charge on any atom is 0.262 e. The van der Waals surface area contributed by atoms with Crippen LogP contribution in [0.5, 0.6) is 5.75 Å². The molecule has 2 aromatic carbocycles. The lowest BCUT2D eigenvalue weighted by atomic mass is 10.1. The zero-order valence-electron chi connectivity index (χ0n) is 14.6. The highest BCUT2D eigenvalue weighted by atomic mass is 32.2. The van der Waals surface area contributed by atoms with Crippen LogP contribution in [0.25, 0.3) is 0 Å². The van der Waals surface area contributed by atoms with E-state index >= 15 is 0 Å². The molecule has 9 heteroatoms. The maximum absolute atomic E-state index is 12.0. The van der Waals surface area contributed by atoms with E-state index in [0.717, 1.165) is 11.2 Å². The number of ether oxygens (including phenoxy) is 1. The maximum atomic E-state index is 12.0. The predicted molar refractivity (Wildman–Crippen MR) is 96.5 cm³/mol. The van der Waals surface area contributed by atoms with Gasteiger partial charge in [-0.25, -0.2) is 8.42 Å². The summed E-state index contributed by atoms with van der Waals surface area (Å²) in [6.45, 7) is -0.303. The largest absolute Gasteiger partial charge is 0.484 e. The molecule has 1 heterocycles. The average Bonchev–Trinajstić information content (AvgIpc) is 2.84. The number of rotatable bonds is 5. The van der Waals surface area contributed by atoms with Crippen molar-refractivity contribution < 1.29 is 27.5 Å². The first-order chi connectivity index (χ1) is 12.7. The highest BCUT2D eigenvalue weighted by Crippen LogP contribution is 2.24. The molecule has 1 aliphatic heterocycles. The molecule has 3 amide bonds. The lowest BCUT2D eigenvalue weighted by Gasteiger charge is -2.08. The van der Waals surface area contributed by atoms with Crippen LogP contribution in [0.15, 0.2) is 47.4 Å². The number of carbonyl (C=O) groups is 3. The lowest BCUT2D eigenvalue weighted by Crippen LogP contribution is -2.24. The summed E-state index contributed by atoms with van der Waals surface area (Å²) in [7, 11) is -1.90. The number of carbonyl (C=O) groups excluding carboxylic acids is 3. The quantitative estimate of drug-likeness (QED) is 0.774.